The number of rotatable bonds is 2. The Morgan fingerprint density at radius 3 is 2.28 bits per heavy atom. The third-order valence-corrected chi connectivity index (χ3v) is 5.00. The van der Waals surface area contributed by atoms with Crippen LogP contribution < -0.4 is 0 Å². The molecule has 25 heavy (non-hydrogen) atoms. The number of fused-ring (bicyclic) bond motifs is 1. The molecule has 1 heterocycles. The molecular formula is C24H23N. The van der Waals surface area contributed by atoms with Gasteiger partial charge in [-0.3, -0.25) is 4.90 Å². The van der Waals surface area contributed by atoms with Crippen LogP contribution in [0.1, 0.15) is 36.4 Å². The number of likely N-dealkylation sites (tertiary alicyclic amines) is 1. The molecule has 1 fully saturated rings. The Balaban J connectivity index is 1.78. The zero-order valence-corrected chi connectivity index (χ0v) is 14.5. The second-order valence-corrected chi connectivity index (χ2v) is 6.70. The zero-order chi connectivity index (χ0) is 16.9. The number of nitrogens with zero attached hydrogens (tertiary/aromatic N) is 1. The fourth-order valence-electron chi connectivity index (χ4n) is 3.70. The second-order valence-electron chi connectivity index (χ2n) is 6.70. The van der Waals surface area contributed by atoms with Gasteiger partial charge in [0.05, 0.1) is 6.04 Å². The van der Waals surface area contributed by atoms with Crippen LogP contribution in [0.2, 0.25) is 0 Å². The smallest absolute Gasteiger partial charge is 0.0980 e. The number of piperidine rings is 1. The van der Waals surface area contributed by atoms with E-state index in [2.05, 4.69) is 83.5 Å². The van der Waals surface area contributed by atoms with Gasteiger partial charge in [-0.25, -0.2) is 0 Å². The summed E-state index contributed by atoms with van der Waals surface area (Å²) in [7, 11) is 0. The number of benzene rings is 3. The molecule has 124 valence electrons. The Morgan fingerprint density at radius 1 is 0.720 bits per heavy atom. The van der Waals surface area contributed by atoms with E-state index in [1.54, 1.807) is 0 Å². The van der Waals surface area contributed by atoms with E-state index in [1.807, 2.05) is 6.07 Å². The number of hydrogen-bond acceptors (Lipinski definition) is 1. The van der Waals surface area contributed by atoms with E-state index in [-0.39, 0.29) is 6.04 Å². The van der Waals surface area contributed by atoms with Crippen LogP contribution in [0.5, 0.6) is 0 Å². The summed E-state index contributed by atoms with van der Waals surface area (Å²) in [6, 6.07) is 25.7. The lowest BCUT2D eigenvalue weighted by Crippen LogP contribution is -2.33. The summed E-state index contributed by atoms with van der Waals surface area (Å²) in [5.41, 5.74) is 2.42. The lowest BCUT2D eigenvalue weighted by atomic mass is 9.96. The average Bonchev–Trinajstić information content (AvgIpc) is 2.70. The van der Waals surface area contributed by atoms with Gasteiger partial charge in [-0.2, -0.15) is 0 Å². The molecule has 0 N–H and O–H groups in total. The maximum atomic E-state index is 3.59. The van der Waals surface area contributed by atoms with Gasteiger partial charge in [-0.05, 0) is 54.4 Å². The number of hydrogen-bond donors (Lipinski definition) is 0. The van der Waals surface area contributed by atoms with Gasteiger partial charge in [-0.15, -0.1) is 0 Å². The molecule has 0 bridgehead atoms. The molecule has 0 saturated carbocycles. The van der Waals surface area contributed by atoms with Gasteiger partial charge in [0.15, 0.2) is 0 Å². The quantitative estimate of drug-likeness (QED) is 0.569. The van der Waals surface area contributed by atoms with Gasteiger partial charge in [0.25, 0.3) is 0 Å². The fraction of sp³-hybridized carbons (Fsp3) is 0.250. The van der Waals surface area contributed by atoms with Crippen molar-refractivity contribution in [2.75, 3.05) is 13.1 Å². The topological polar surface area (TPSA) is 3.24 Å². The summed E-state index contributed by atoms with van der Waals surface area (Å²) in [5.74, 6) is 7.00. The maximum absolute atomic E-state index is 3.59. The molecule has 0 aliphatic carbocycles. The van der Waals surface area contributed by atoms with Crippen molar-refractivity contribution >= 4 is 10.8 Å². The molecule has 1 aliphatic rings. The molecule has 1 aliphatic heterocycles. The first-order chi connectivity index (χ1) is 12.4. The van der Waals surface area contributed by atoms with Gasteiger partial charge < -0.3 is 0 Å². The minimum absolute atomic E-state index is 0.159. The summed E-state index contributed by atoms with van der Waals surface area (Å²) in [6.45, 7) is 2.27. The Bertz CT molecular complexity index is 890. The van der Waals surface area contributed by atoms with Gasteiger partial charge in [0.1, 0.15) is 0 Å². The predicted molar refractivity (Wildman–Crippen MR) is 105 cm³/mol. The van der Waals surface area contributed by atoms with Crippen LogP contribution in [0.4, 0.5) is 0 Å². The second kappa shape index (κ2) is 7.55. The molecule has 0 amide bonds. The first-order valence-electron chi connectivity index (χ1n) is 9.20. The Kier molecular flexibility index (Phi) is 4.81. The van der Waals surface area contributed by atoms with Crippen molar-refractivity contribution in [3.05, 3.63) is 83.9 Å². The Hall–Kier alpha value is -2.56. The van der Waals surface area contributed by atoms with E-state index in [4.69, 9.17) is 0 Å². The molecular weight excluding hydrogens is 302 g/mol. The molecule has 0 aromatic heterocycles. The van der Waals surface area contributed by atoms with Crippen molar-refractivity contribution in [3.8, 4) is 11.8 Å². The van der Waals surface area contributed by atoms with Crippen LogP contribution in [0.15, 0.2) is 72.8 Å². The monoisotopic (exact) mass is 325 g/mol. The highest BCUT2D eigenvalue weighted by atomic mass is 15.2. The maximum Gasteiger partial charge on any atom is 0.0980 e. The molecule has 1 atom stereocenters. The lowest BCUT2D eigenvalue weighted by molar-refractivity contribution is 0.198. The zero-order valence-electron chi connectivity index (χ0n) is 14.5. The van der Waals surface area contributed by atoms with E-state index in [9.17, 15) is 0 Å². The summed E-state index contributed by atoms with van der Waals surface area (Å²) >= 11 is 0. The summed E-state index contributed by atoms with van der Waals surface area (Å²) < 4.78 is 0. The molecule has 0 spiro atoms. The first-order valence-corrected chi connectivity index (χ1v) is 9.20. The molecule has 1 saturated heterocycles. The van der Waals surface area contributed by atoms with Crippen LogP contribution in [0, 0.1) is 11.8 Å². The molecule has 3 aromatic rings. The summed E-state index contributed by atoms with van der Waals surface area (Å²) in [6.07, 6.45) is 3.88. The van der Waals surface area contributed by atoms with Gasteiger partial charge >= 0.3 is 0 Å². The minimum Gasteiger partial charge on any atom is -0.286 e. The highest BCUT2D eigenvalue weighted by molar-refractivity contribution is 5.86. The van der Waals surface area contributed by atoms with Crippen molar-refractivity contribution in [1.82, 2.24) is 4.90 Å². The van der Waals surface area contributed by atoms with E-state index in [0.29, 0.717) is 0 Å². The Labute approximate surface area is 150 Å². The van der Waals surface area contributed by atoms with Crippen molar-refractivity contribution < 1.29 is 0 Å². The highest BCUT2D eigenvalue weighted by Crippen LogP contribution is 2.30. The van der Waals surface area contributed by atoms with Crippen molar-refractivity contribution in [3.63, 3.8) is 0 Å². The molecule has 1 unspecified atom stereocenters. The van der Waals surface area contributed by atoms with Crippen molar-refractivity contribution in [2.45, 2.75) is 25.3 Å². The molecule has 4 rings (SSSR count). The van der Waals surface area contributed by atoms with Crippen LogP contribution in [-0.4, -0.2) is 18.0 Å². The van der Waals surface area contributed by atoms with Crippen LogP contribution in [-0.2, 0) is 0 Å². The van der Waals surface area contributed by atoms with Crippen molar-refractivity contribution in [2.24, 2.45) is 0 Å². The standard InChI is InChI=1S/C24H23N/c1-3-10-20(11-4-1)16-17-24(25-18-7-2-8-19-25)23-15-9-13-21-12-5-6-14-22(21)23/h1,3-6,9-15,24H,2,7-8,18-19H2. The van der Waals surface area contributed by atoms with E-state index in [1.165, 1.54) is 35.6 Å². The normalized spacial score (nSPS) is 16.2. The largest absolute Gasteiger partial charge is 0.286 e. The van der Waals surface area contributed by atoms with Gasteiger partial charge in [-0.1, -0.05) is 78.9 Å². The van der Waals surface area contributed by atoms with Crippen LogP contribution in [0.25, 0.3) is 10.8 Å². The molecule has 0 radical (unpaired) electrons. The van der Waals surface area contributed by atoms with Gasteiger partial charge in [0, 0.05) is 5.56 Å². The summed E-state index contributed by atoms with van der Waals surface area (Å²) in [4.78, 5) is 2.56. The molecule has 3 aromatic carbocycles. The van der Waals surface area contributed by atoms with E-state index in [0.717, 1.165) is 18.7 Å². The molecule has 1 heteroatoms. The Morgan fingerprint density at radius 2 is 1.44 bits per heavy atom. The molecule has 1 nitrogen and oxygen atoms in total. The van der Waals surface area contributed by atoms with E-state index >= 15 is 0 Å². The first kappa shape index (κ1) is 15.9. The average molecular weight is 325 g/mol. The van der Waals surface area contributed by atoms with Crippen molar-refractivity contribution in [1.29, 1.82) is 0 Å². The summed E-state index contributed by atoms with van der Waals surface area (Å²) in [5, 5.41) is 2.62. The SMILES string of the molecule is C(#CC(c1cccc2ccccc12)N1CCCCC1)c1ccccc1. The lowest BCUT2D eigenvalue weighted by Gasteiger charge is -2.32. The fourth-order valence-corrected chi connectivity index (χ4v) is 3.70. The van der Waals surface area contributed by atoms with E-state index < -0.39 is 0 Å². The minimum atomic E-state index is 0.159. The predicted octanol–water partition coefficient (Wildman–Crippen LogP) is 5.42. The third kappa shape index (κ3) is 3.60. The van der Waals surface area contributed by atoms with Crippen LogP contribution >= 0.6 is 0 Å². The highest BCUT2D eigenvalue weighted by Gasteiger charge is 2.22. The van der Waals surface area contributed by atoms with Crippen LogP contribution in [0.3, 0.4) is 0 Å². The third-order valence-electron chi connectivity index (χ3n) is 5.00. The van der Waals surface area contributed by atoms with Gasteiger partial charge in [0.2, 0.25) is 0 Å².